The molecule has 6 rings (SSSR count). The molecule has 0 aliphatic heterocycles. The standard InChI is InChI=1S/C32H42NO6P/c1-23(33-31(36)38-21-25-11-6-3-7-12-25)40(37,39-32-18-26-15-27(19-32)17-28(16-26)20-32)22-29(30(34)35)14-8-13-24-9-4-2-5-10-24/h2-7,9-12,23,26-29H,8,13-22H2,1H3,(H,33,36)(H,34,35). The summed E-state index contributed by atoms with van der Waals surface area (Å²) in [6.45, 7) is 1.77. The largest absolute Gasteiger partial charge is 0.481 e. The Hall–Kier alpha value is -2.63. The van der Waals surface area contributed by atoms with E-state index in [4.69, 9.17) is 9.26 Å². The second-order valence-electron chi connectivity index (χ2n) is 12.4. The van der Waals surface area contributed by atoms with Crippen LogP contribution in [0.3, 0.4) is 0 Å². The van der Waals surface area contributed by atoms with E-state index in [9.17, 15) is 19.3 Å². The van der Waals surface area contributed by atoms with E-state index >= 15 is 0 Å². The highest BCUT2D eigenvalue weighted by molar-refractivity contribution is 7.59. The number of hydrogen-bond donors (Lipinski definition) is 2. The molecule has 0 spiro atoms. The number of nitrogens with one attached hydrogen (secondary N) is 1. The van der Waals surface area contributed by atoms with Crippen molar-refractivity contribution in [2.24, 2.45) is 23.7 Å². The number of rotatable bonds is 13. The summed E-state index contributed by atoms with van der Waals surface area (Å²) >= 11 is 0. The third-order valence-corrected chi connectivity index (χ3v) is 12.1. The van der Waals surface area contributed by atoms with Crippen molar-refractivity contribution >= 4 is 19.4 Å². The maximum absolute atomic E-state index is 14.8. The Morgan fingerprint density at radius 1 is 0.950 bits per heavy atom. The monoisotopic (exact) mass is 567 g/mol. The molecule has 40 heavy (non-hydrogen) atoms. The van der Waals surface area contributed by atoms with Crippen molar-refractivity contribution in [1.82, 2.24) is 5.32 Å². The van der Waals surface area contributed by atoms with Gasteiger partial charge in [0.1, 0.15) is 12.4 Å². The molecule has 0 radical (unpaired) electrons. The molecule has 7 nitrogen and oxygen atoms in total. The van der Waals surface area contributed by atoms with E-state index in [1.54, 1.807) is 6.92 Å². The van der Waals surface area contributed by atoms with Gasteiger partial charge in [0.15, 0.2) is 0 Å². The van der Waals surface area contributed by atoms with E-state index in [-0.39, 0.29) is 12.8 Å². The Kier molecular flexibility index (Phi) is 9.01. The number of carboxylic acids is 1. The van der Waals surface area contributed by atoms with Gasteiger partial charge in [-0.05, 0) is 93.6 Å². The maximum Gasteiger partial charge on any atom is 0.408 e. The predicted molar refractivity (Wildman–Crippen MR) is 154 cm³/mol. The molecule has 2 N–H and O–H groups in total. The number of benzene rings is 2. The lowest BCUT2D eigenvalue weighted by molar-refractivity contribution is -0.141. The van der Waals surface area contributed by atoms with Gasteiger partial charge >= 0.3 is 12.1 Å². The number of aliphatic carboxylic acids is 1. The quantitative estimate of drug-likeness (QED) is 0.247. The molecule has 0 aromatic heterocycles. The first-order valence-electron chi connectivity index (χ1n) is 14.8. The van der Waals surface area contributed by atoms with Crippen LogP contribution in [0.5, 0.6) is 0 Å². The third-order valence-electron chi connectivity index (χ3n) is 9.14. The highest BCUT2D eigenvalue weighted by Gasteiger charge is 2.55. The average Bonchev–Trinajstić information content (AvgIpc) is 2.91. The minimum Gasteiger partial charge on any atom is -0.481 e. The summed E-state index contributed by atoms with van der Waals surface area (Å²) in [6.07, 6.45) is 7.30. The van der Waals surface area contributed by atoms with E-state index in [1.165, 1.54) is 19.3 Å². The topological polar surface area (TPSA) is 102 Å². The van der Waals surface area contributed by atoms with Crippen molar-refractivity contribution in [3.05, 3.63) is 71.8 Å². The molecule has 0 saturated heterocycles. The molecule has 2 aromatic rings. The number of carboxylic acid groups (broad SMARTS) is 1. The first-order valence-corrected chi connectivity index (χ1v) is 16.6. The summed E-state index contributed by atoms with van der Waals surface area (Å²) in [5.74, 6) is -0.908. The van der Waals surface area contributed by atoms with Gasteiger partial charge in [0, 0.05) is 6.16 Å². The van der Waals surface area contributed by atoms with Crippen molar-refractivity contribution < 1.29 is 28.5 Å². The van der Waals surface area contributed by atoms with Gasteiger partial charge in [-0.1, -0.05) is 60.7 Å². The van der Waals surface area contributed by atoms with Crippen LogP contribution < -0.4 is 5.32 Å². The number of aryl methyl sites for hydroxylation is 1. The van der Waals surface area contributed by atoms with Crippen LogP contribution >= 0.6 is 7.37 Å². The first kappa shape index (κ1) is 28.9. The zero-order valence-electron chi connectivity index (χ0n) is 23.4. The average molecular weight is 568 g/mol. The molecule has 3 atom stereocenters. The van der Waals surface area contributed by atoms with Gasteiger partial charge in [-0.3, -0.25) is 9.36 Å². The van der Waals surface area contributed by atoms with E-state index in [0.717, 1.165) is 36.8 Å². The Balaban J connectivity index is 1.29. The molecule has 4 aliphatic rings. The summed E-state index contributed by atoms with van der Waals surface area (Å²) in [7, 11) is -3.62. The highest BCUT2D eigenvalue weighted by Crippen LogP contribution is 2.64. The molecule has 4 saturated carbocycles. The minimum absolute atomic E-state index is 0.0940. The van der Waals surface area contributed by atoms with Gasteiger partial charge < -0.3 is 19.7 Å². The van der Waals surface area contributed by atoms with Crippen LogP contribution in [0.25, 0.3) is 0 Å². The first-order chi connectivity index (χ1) is 19.2. The van der Waals surface area contributed by atoms with Crippen LogP contribution in [0.4, 0.5) is 4.79 Å². The van der Waals surface area contributed by atoms with Gasteiger partial charge in [-0.25, -0.2) is 4.79 Å². The lowest BCUT2D eigenvalue weighted by Crippen LogP contribution is -2.52. The van der Waals surface area contributed by atoms with Crippen molar-refractivity contribution in [1.29, 1.82) is 0 Å². The van der Waals surface area contributed by atoms with Crippen LogP contribution in [0.1, 0.15) is 69.4 Å². The molecule has 4 fully saturated rings. The number of ether oxygens (including phenoxy) is 1. The lowest BCUT2D eigenvalue weighted by atomic mass is 9.54. The normalized spacial score (nSPS) is 27.9. The summed E-state index contributed by atoms with van der Waals surface area (Å²) in [5.41, 5.74) is 1.51. The molecule has 0 heterocycles. The van der Waals surface area contributed by atoms with Crippen LogP contribution in [-0.4, -0.2) is 34.7 Å². The van der Waals surface area contributed by atoms with Crippen molar-refractivity contribution in [3.63, 3.8) is 0 Å². The van der Waals surface area contributed by atoms with Crippen molar-refractivity contribution in [3.8, 4) is 0 Å². The number of amides is 1. The van der Waals surface area contributed by atoms with E-state index in [0.29, 0.717) is 30.6 Å². The van der Waals surface area contributed by atoms with E-state index < -0.39 is 36.7 Å². The highest BCUT2D eigenvalue weighted by atomic mass is 31.2. The van der Waals surface area contributed by atoms with Gasteiger partial charge in [0.05, 0.1) is 11.5 Å². The van der Waals surface area contributed by atoms with Crippen molar-refractivity contribution in [2.75, 3.05) is 6.16 Å². The van der Waals surface area contributed by atoms with Crippen LogP contribution in [0, 0.1) is 23.7 Å². The SMILES string of the molecule is CC(NC(=O)OCc1ccccc1)P(=O)(CC(CCCc1ccccc1)C(=O)O)OC12CC3CC(CC(C3)C1)C2. The number of alkyl carbamates (subject to hydrolysis) is 1. The molecule has 8 heteroatoms. The minimum atomic E-state index is -3.62. The fourth-order valence-corrected chi connectivity index (χ4v) is 10.3. The molecule has 4 aliphatic carbocycles. The Labute approximate surface area is 237 Å². The number of carbonyl (C=O) groups excluding carboxylic acids is 1. The van der Waals surface area contributed by atoms with E-state index in [1.807, 2.05) is 60.7 Å². The van der Waals surface area contributed by atoms with Crippen LogP contribution in [0.2, 0.25) is 0 Å². The van der Waals surface area contributed by atoms with Crippen LogP contribution in [0.15, 0.2) is 60.7 Å². The molecule has 2 aromatic carbocycles. The number of carbonyl (C=O) groups is 2. The smallest absolute Gasteiger partial charge is 0.408 e. The number of hydrogen-bond acceptors (Lipinski definition) is 5. The van der Waals surface area contributed by atoms with Gasteiger partial charge in [0.2, 0.25) is 7.37 Å². The molecule has 1 amide bonds. The summed E-state index contributed by atoms with van der Waals surface area (Å²) < 4.78 is 26.9. The lowest BCUT2D eigenvalue weighted by Gasteiger charge is -2.57. The van der Waals surface area contributed by atoms with Gasteiger partial charge in [-0.15, -0.1) is 0 Å². The summed E-state index contributed by atoms with van der Waals surface area (Å²) in [6, 6.07) is 19.3. The Morgan fingerprint density at radius 2 is 1.50 bits per heavy atom. The summed E-state index contributed by atoms with van der Waals surface area (Å²) in [5, 5.41) is 12.9. The second kappa shape index (κ2) is 12.5. The van der Waals surface area contributed by atoms with Crippen molar-refractivity contribution in [2.45, 2.75) is 82.7 Å². The van der Waals surface area contributed by atoms with Crippen LogP contribution in [-0.2, 0) is 31.6 Å². The molecule has 3 unspecified atom stereocenters. The van der Waals surface area contributed by atoms with E-state index in [2.05, 4.69) is 5.32 Å². The molecule has 4 bridgehead atoms. The zero-order chi connectivity index (χ0) is 28.2. The fraction of sp³-hybridized carbons (Fsp3) is 0.562. The van der Waals surface area contributed by atoms with Gasteiger partial charge in [-0.2, -0.15) is 0 Å². The van der Waals surface area contributed by atoms with Gasteiger partial charge in [0.25, 0.3) is 0 Å². The second-order valence-corrected chi connectivity index (χ2v) is 15.2. The molecular formula is C32H42NO6P. The maximum atomic E-state index is 14.8. The Morgan fingerprint density at radius 3 is 2.05 bits per heavy atom. The predicted octanol–water partition coefficient (Wildman–Crippen LogP) is 7.25. The zero-order valence-corrected chi connectivity index (χ0v) is 24.3. The fourth-order valence-electron chi connectivity index (χ4n) is 7.58. The third kappa shape index (κ3) is 7.16. The Bertz CT molecular complexity index is 1170. The molecule has 216 valence electrons. The molecular weight excluding hydrogens is 525 g/mol. The summed E-state index contributed by atoms with van der Waals surface area (Å²) in [4.78, 5) is 25.2.